The summed E-state index contributed by atoms with van der Waals surface area (Å²) in [5.74, 6) is -0.320. The number of anilines is 1. The molecule has 2 rings (SSSR count). The van der Waals surface area contributed by atoms with Gasteiger partial charge in [-0.05, 0) is 24.6 Å². The van der Waals surface area contributed by atoms with Gasteiger partial charge >= 0.3 is 0 Å². The van der Waals surface area contributed by atoms with E-state index in [1.165, 1.54) is 0 Å². The summed E-state index contributed by atoms with van der Waals surface area (Å²) < 4.78 is 0. The number of nitrogens with two attached hydrogens (primary N) is 1. The molecule has 0 spiro atoms. The Balaban J connectivity index is 2.17. The second-order valence-corrected chi connectivity index (χ2v) is 4.77. The lowest BCUT2D eigenvalue weighted by Gasteiger charge is -2.19. The topological polar surface area (TPSA) is 46.3 Å². The Morgan fingerprint density at radius 1 is 1.44 bits per heavy atom. The molecule has 1 atom stereocenters. The van der Waals surface area contributed by atoms with Gasteiger partial charge < -0.3 is 10.6 Å². The zero-order chi connectivity index (χ0) is 11.7. The van der Waals surface area contributed by atoms with Crippen molar-refractivity contribution in [1.29, 1.82) is 0 Å². The van der Waals surface area contributed by atoms with Crippen LogP contribution in [0.3, 0.4) is 0 Å². The molecule has 1 aliphatic heterocycles. The minimum absolute atomic E-state index is 0.0771. The van der Waals surface area contributed by atoms with Gasteiger partial charge in [-0.15, -0.1) is 0 Å². The maximum atomic E-state index is 11.1. The highest BCUT2D eigenvalue weighted by atomic mass is 35.5. The summed E-state index contributed by atoms with van der Waals surface area (Å²) in [7, 11) is 0. The first kappa shape index (κ1) is 11.6. The van der Waals surface area contributed by atoms with E-state index >= 15 is 0 Å². The van der Waals surface area contributed by atoms with Gasteiger partial charge in [0, 0.05) is 18.1 Å². The maximum absolute atomic E-state index is 11.1. The van der Waals surface area contributed by atoms with Crippen molar-refractivity contribution in [3.8, 4) is 0 Å². The van der Waals surface area contributed by atoms with Crippen molar-refractivity contribution in [3.05, 3.63) is 28.2 Å². The molecule has 0 saturated carbocycles. The third-order valence-corrected chi connectivity index (χ3v) is 3.38. The van der Waals surface area contributed by atoms with Crippen molar-refractivity contribution in [2.24, 2.45) is 11.7 Å². The van der Waals surface area contributed by atoms with Crippen LogP contribution < -0.4 is 10.6 Å². The summed E-state index contributed by atoms with van der Waals surface area (Å²) in [5, 5.41) is 1.22. The first-order chi connectivity index (χ1) is 7.58. The van der Waals surface area contributed by atoms with Crippen molar-refractivity contribution in [2.45, 2.75) is 6.42 Å². The highest BCUT2D eigenvalue weighted by Crippen LogP contribution is 2.32. The van der Waals surface area contributed by atoms with Gasteiger partial charge in [-0.1, -0.05) is 23.2 Å². The third-order valence-electron chi connectivity index (χ3n) is 2.84. The minimum atomic E-state index is -0.243. The number of hydrogen-bond donors (Lipinski definition) is 1. The minimum Gasteiger partial charge on any atom is -0.370 e. The van der Waals surface area contributed by atoms with E-state index in [0.717, 1.165) is 18.7 Å². The van der Waals surface area contributed by atoms with Crippen LogP contribution in [0.2, 0.25) is 10.0 Å². The Hall–Kier alpha value is -0.930. The van der Waals surface area contributed by atoms with Gasteiger partial charge in [0.2, 0.25) is 5.91 Å². The van der Waals surface area contributed by atoms with Crippen LogP contribution in [-0.2, 0) is 4.79 Å². The molecule has 1 heterocycles. The monoisotopic (exact) mass is 258 g/mol. The first-order valence-corrected chi connectivity index (χ1v) is 5.83. The molecule has 0 aromatic heterocycles. The summed E-state index contributed by atoms with van der Waals surface area (Å²) in [5.41, 5.74) is 6.19. The molecule has 2 N–H and O–H groups in total. The van der Waals surface area contributed by atoms with Crippen LogP contribution in [0.15, 0.2) is 18.2 Å². The molecule has 3 nitrogen and oxygen atoms in total. The molecule has 0 bridgehead atoms. The Morgan fingerprint density at radius 2 is 2.19 bits per heavy atom. The number of benzene rings is 1. The van der Waals surface area contributed by atoms with E-state index in [-0.39, 0.29) is 11.8 Å². The molecular formula is C11H12Cl2N2O. The number of hydrogen-bond acceptors (Lipinski definition) is 2. The SMILES string of the molecule is NC(=O)C1CCN(c2ccc(Cl)cc2Cl)C1. The van der Waals surface area contributed by atoms with Crippen LogP contribution in [0.1, 0.15) is 6.42 Å². The highest BCUT2D eigenvalue weighted by molar-refractivity contribution is 6.36. The Morgan fingerprint density at radius 3 is 2.75 bits per heavy atom. The van der Waals surface area contributed by atoms with Crippen LogP contribution in [-0.4, -0.2) is 19.0 Å². The number of amides is 1. The third kappa shape index (κ3) is 2.25. The lowest BCUT2D eigenvalue weighted by atomic mass is 10.1. The highest BCUT2D eigenvalue weighted by Gasteiger charge is 2.27. The normalized spacial score (nSPS) is 20.1. The van der Waals surface area contributed by atoms with E-state index < -0.39 is 0 Å². The van der Waals surface area contributed by atoms with Gasteiger partial charge in [0.1, 0.15) is 0 Å². The second kappa shape index (κ2) is 4.52. The summed E-state index contributed by atoms with van der Waals surface area (Å²) >= 11 is 11.9. The predicted octanol–water partition coefficient (Wildman–Crippen LogP) is 2.30. The molecular weight excluding hydrogens is 247 g/mol. The van der Waals surface area contributed by atoms with E-state index in [9.17, 15) is 4.79 Å². The number of primary amides is 1. The van der Waals surface area contributed by atoms with Gasteiger partial charge in [-0.25, -0.2) is 0 Å². The van der Waals surface area contributed by atoms with E-state index in [0.29, 0.717) is 16.6 Å². The molecule has 16 heavy (non-hydrogen) atoms. The quantitative estimate of drug-likeness (QED) is 0.885. The molecule has 1 amide bonds. The molecule has 1 aromatic carbocycles. The number of carbonyl (C=O) groups is 1. The number of carbonyl (C=O) groups excluding carboxylic acids is 1. The predicted molar refractivity (Wildman–Crippen MR) is 66.0 cm³/mol. The van der Waals surface area contributed by atoms with E-state index in [1.54, 1.807) is 12.1 Å². The molecule has 0 aliphatic carbocycles. The van der Waals surface area contributed by atoms with Crippen LogP contribution >= 0.6 is 23.2 Å². The molecule has 1 aromatic rings. The van der Waals surface area contributed by atoms with Gasteiger partial charge in [-0.2, -0.15) is 0 Å². The Labute approximate surface area is 104 Å². The number of nitrogens with zero attached hydrogens (tertiary/aromatic N) is 1. The van der Waals surface area contributed by atoms with Crippen LogP contribution in [0.4, 0.5) is 5.69 Å². The molecule has 1 saturated heterocycles. The number of rotatable bonds is 2. The molecule has 1 aliphatic rings. The van der Waals surface area contributed by atoms with Crippen molar-refractivity contribution in [1.82, 2.24) is 0 Å². The van der Waals surface area contributed by atoms with E-state index in [4.69, 9.17) is 28.9 Å². The summed E-state index contributed by atoms with van der Waals surface area (Å²) in [6.07, 6.45) is 0.786. The zero-order valence-electron chi connectivity index (χ0n) is 8.62. The van der Waals surface area contributed by atoms with Crippen LogP contribution in [0.5, 0.6) is 0 Å². The van der Waals surface area contributed by atoms with Crippen molar-refractivity contribution >= 4 is 34.8 Å². The Bertz CT molecular complexity index is 422. The lowest BCUT2D eigenvalue weighted by molar-refractivity contribution is -0.121. The average Bonchev–Trinajstić information content (AvgIpc) is 2.66. The fourth-order valence-electron chi connectivity index (χ4n) is 1.95. The lowest BCUT2D eigenvalue weighted by Crippen LogP contribution is -2.27. The van der Waals surface area contributed by atoms with E-state index in [2.05, 4.69) is 4.90 Å². The fourth-order valence-corrected chi connectivity index (χ4v) is 2.48. The standard InChI is InChI=1S/C11H12Cl2N2O/c12-8-1-2-10(9(13)5-8)15-4-3-7(6-15)11(14)16/h1-2,5,7H,3-4,6H2,(H2,14,16). The molecule has 0 radical (unpaired) electrons. The average molecular weight is 259 g/mol. The summed E-state index contributed by atoms with van der Waals surface area (Å²) in [6.45, 7) is 1.44. The van der Waals surface area contributed by atoms with Gasteiger partial charge in [0.05, 0.1) is 16.6 Å². The fraction of sp³-hybridized carbons (Fsp3) is 0.364. The maximum Gasteiger partial charge on any atom is 0.222 e. The first-order valence-electron chi connectivity index (χ1n) is 5.07. The molecule has 1 unspecified atom stereocenters. The second-order valence-electron chi connectivity index (χ2n) is 3.93. The summed E-state index contributed by atoms with van der Waals surface area (Å²) in [6, 6.07) is 5.37. The summed E-state index contributed by atoms with van der Waals surface area (Å²) in [4.78, 5) is 13.1. The molecule has 5 heteroatoms. The van der Waals surface area contributed by atoms with Gasteiger partial charge in [0.15, 0.2) is 0 Å². The van der Waals surface area contributed by atoms with Crippen molar-refractivity contribution in [2.75, 3.05) is 18.0 Å². The van der Waals surface area contributed by atoms with Gasteiger partial charge in [0.25, 0.3) is 0 Å². The zero-order valence-corrected chi connectivity index (χ0v) is 10.1. The van der Waals surface area contributed by atoms with Gasteiger partial charge in [-0.3, -0.25) is 4.79 Å². The number of halogens is 2. The largest absolute Gasteiger partial charge is 0.370 e. The smallest absolute Gasteiger partial charge is 0.222 e. The van der Waals surface area contributed by atoms with Crippen LogP contribution in [0, 0.1) is 5.92 Å². The van der Waals surface area contributed by atoms with Crippen molar-refractivity contribution in [3.63, 3.8) is 0 Å². The Kier molecular flexibility index (Phi) is 3.26. The molecule has 1 fully saturated rings. The van der Waals surface area contributed by atoms with Crippen molar-refractivity contribution < 1.29 is 4.79 Å². The van der Waals surface area contributed by atoms with Crippen LogP contribution in [0.25, 0.3) is 0 Å². The molecule has 86 valence electrons. The van der Waals surface area contributed by atoms with E-state index in [1.807, 2.05) is 6.07 Å².